The molecule has 2 aromatic heterocycles. The molecule has 1 unspecified atom stereocenters. The molecule has 1 N–H and O–H groups in total. The molecular weight excluding hydrogens is 286 g/mol. The Hall–Kier alpha value is -2.43. The molecular formula is C18H21N5. The number of hydrogen-bond donors (Lipinski definition) is 1. The van der Waals surface area contributed by atoms with E-state index in [0.717, 1.165) is 12.1 Å². The maximum atomic E-state index is 4.32. The first kappa shape index (κ1) is 14.2. The predicted octanol–water partition coefficient (Wildman–Crippen LogP) is 3.80. The van der Waals surface area contributed by atoms with Crippen molar-refractivity contribution in [3.8, 4) is 11.3 Å². The van der Waals surface area contributed by atoms with Crippen molar-refractivity contribution in [1.29, 1.82) is 0 Å². The van der Waals surface area contributed by atoms with Crippen LogP contribution in [0.15, 0.2) is 30.7 Å². The molecule has 0 aliphatic carbocycles. The number of fused-ring (bicyclic) bond motifs is 2. The molecule has 0 spiro atoms. The van der Waals surface area contributed by atoms with Crippen molar-refractivity contribution in [2.45, 2.75) is 45.6 Å². The summed E-state index contributed by atoms with van der Waals surface area (Å²) in [7, 11) is 0. The first-order valence-corrected chi connectivity index (χ1v) is 8.02. The zero-order valence-electron chi connectivity index (χ0n) is 14.0. The van der Waals surface area contributed by atoms with Crippen LogP contribution in [0, 0.1) is 6.92 Å². The summed E-state index contributed by atoms with van der Waals surface area (Å²) in [6.07, 6.45) is 4.47. The number of anilines is 1. The normalized spacial score (nSPS) is 19.4. The highest BCUT2D eigenvalue weighted by Crippen LogP contribution is 2.41. The van der Waals surface area contributed by atoms with Crippen LogP contribution in [-0.4, -0.2) is 25.1 Å². The number of nitrogens with one attached hydrogen (secondary N) is 1. The first-order valence-electron chi connectivity index (χ1n) is 8.02. The van der Waals surface area contributed by atoms with Crippen LogP contribution in [0.5, 0.6) is 0 Å². The average Bonchev–Trinajstić information content (AvgIpc) is 2.94. The molecule has 0 radical (unpaired) electrons. The fourth-order valence-electron chi connectivity index (χ4n) is 3.75. The highest BCUT2D eigenvalue weighted by atomic mass is 15.3. The summed E-state index contributed by atoms with van der Waals surface area (Å²) in [5.41, 5.74) is 6.20. The number of nitrogens with zero attached hydrogens (tertiary/aromatic N) is 4. The lowest BCUT2D eigenvalue weighted by atomic mass is 9.80. The molecule has 0 fully saturated rings. The fourth-order valence-corrected chi connectivity index (χ4v) is 3.75. The number of benzene rings is 1. The Morgan fingerprint density at radius 3 is 2.91 bits per heavy atom. The van der Waals surface area contributed by atoms with Crippen LogP contribution in [0.4, 0.5) is 5.69 Å². The van der Waals surface area contributed by atoms with Gasteiger partial charge in [0.25, 0.3) is 5.78 Å². The third-order valence-electron chi connectivity index (χ3n) is 4.67. The SMILES string of the molecule is Cc1cc2c(cc1-c1ccnc3ncnn13)C(C)CC(C)(C)N2. The van der Waals surface area contributed by atoms with Gasteiger partial charge in [-0.25, -0.2) is 4.98 Å². The maximum Gasteiger partial charge on any atom is 0.252 e. The molecule has 23 heavy (non-hydrogen) atoms. The standard InChI is InChI=1S/C18H21N5/c1-11-7-15-13(12(2)9-18(3,4)22-15)8-14(11)16-5-6-19-17-20-10-21-23(16)17/h5-8,10,12,22H,9H2,1-4H3. The Labute approximate surface area is 135 Å². The summed E-state index contributed by atoms with van der Waals surface area (Å²) in [6.45, 7) is 8.97. The first-order chi connectivity index (χ1) is 10.9. The van der Waals surface area contributed by atoms with Crippen LogP contribution in [-0.2, 0) is 0 Å². The quantitative estimate of drug-likeness (QED) is 0.743. The van der Waals surface area contributed by atoms with E-state index < -0.39 is 0 Å². The Morgan fingerprint density at radius 1 is 1.26 bits per heavy atom. The van der Waals surface area contributed by atoms with E-state index >= 15 is 0 Å². The van der Waals surface area contributed by atoms with Gasteiger partial charge in [0.2, 0.25) is 0 Å². The van der Waals surface area contributed by atoms with Crippen LogP contribution >= 0.6 is 0 Å². The van der Waals surface area contributed by atoms with Crippen LogP contribution in [0.3, 0.4) is 0 Å². The highest BCUT2D eigenvalue weighted by molar-refractivity contribution is 5.72. The van der Waals surface area contributed by atoms with E-state index in [-0.39, 0.29) is 5.54 Å². The van der Waals surface area contributed by atoms with E-state index in [2.05, 4.69) is 60.2 Å². The lowest BCUT2D eigenvalue weighted by Gasteiger charge is -2.38. The summed E-state index contributed by atoms with van der Waals surface area (Å²) < 4.78 is 1.81. The molecule has 0 saturated carbocycles. The number of hydrogen-bond acceptors (Lipinski definition) is 4. The van der Waals surface area contributed by atoms with Crippen molar-refractivity contribution in [3.63, 3.8) is 0 Å². The molecule has 1 aliphatic heterocycles. The van der Waals surface area contributed by atoms with Gasteiger partial charge >= 0.3 is 0 Å². The van der Waals surface area contributed by atoms with Gasteiger partial charge in [0.05, 0.1) is 5.69 Å². The third kappa shape index (κ3) is 2.27. The van der Waals surface area contributed by atoms with Crippen molar-refractivity contribution >= 4 is 11.5 Å². The Balaban J connectivity index is 1.92. The summed E-state index contributed by atoms with van der Waals surface area (Å²) in [6, 6.07) is 6.56. The van der Waals surface area contributed by atoms with E-state index in [9.17, 15) is 0 Å². The van der Waals surface area contributed by atoms with Gasteiger partial charge in [0, 0.05) is 23.0 Å². The fraction of sp³-hybridized carbons (Fsp3) is 0.389. The van der Waals surface area contributed by atoms with Crippen LogP contribution in [0.1, 0.15) is 44.2 Å². The molecule has 5 heteroatoms. The Kier molecular flexibility index (Phi) is 2.95. The summed E-state index contributed by atoms with van der Waals surface area (Å²) in [5, 5.41) is 7.99. The van der Waals surface area contributed by atoms with E-state index in [4.69, 9.17) is 0 Å². The number of aryl methyl sites for hydroxylation is 1. The predicted molar refractivity (Wildman–Crippen MR) is 91.7 cm³/mol. The molecule has 1 atom stereocenters. The topological polar surface area (TPSA) is 55.1 Å². The zero-order valence-corrected chi connectivity index (χ0v) is 14.0. The molecule has 1 aliphatic rings. The van der Waals surface area contributed by atoms with Crippen molar-refractivity contribution in [1.82, 2.24) is 19.6 Å². The Morgan fingerprint density at radius 2 is 2.09 bits per heavy atom. The Bertz CT molecular complexity index is 894. The van der Waals surface area contributed by atoms with Gasteiger partial charge in [-0.15, -0.1) is 0 Å². The molecule has 5 nitrogen and oxygen atoms in total. The van der Waals surface area contributed by atoms with E-state index in [1.54, 1.807) is 17.0 Å². The van der Waals surface area contributed by atoms with Gasteiger partial charge in [-0.3, -0.25) is 0 Å². The van der Waals surface area contributed by atoms with E-state index in [0.29, 0.717) is 11.7 Å². The van der Waals surface area contributed by atoms with Crippen LogP contribution < -0.4 is 5.32 Å². The molecule has 0 saturated heterocycles. The minimum atomic E-state index is 0.135. The summed E-state index contributed by atoms with van der Waals surface area (Å²) in [5.74, 6) is 1.15. The van der Waals surface area contributed by atoms with Gasteiger partial charge in [0.15, 0.2) is 0 Å². The van der Waals surface area contributed by atoms with Crippen molar-refractivity contribution < 1.29 is 0 Å². The van der Waals surface area contributed by atoms with Crippen molar-refractivity contribution in [2.75, 3.05) is 5.32 Å². The smallest absolute Gasteiger partial charge is 0.252 e. The maximum absolute atomic E-state index is 4.32. The highest BCUT2D eigenvalue weighted by Gasteiger charge is 2.30. The second-order valence-corrected chi connectivity index (χ2v) is 7.17. The van der Waals surface area contributed by atoms with Gasteiger partial charge in [-0.05, 0) is 62.4 Å². The molecule has 1 aromatic carbocycles. The van der Waals surface area contributed by atoms with Crippen LogP contribution in [0.2, 0.25) is 0 Å². The minimum absolute atomic E-state index is 0.135. The van der Waals surface area contributed by atoms with Gasteiger partial charge in [-0.2, -0.15) is 14.6 Å². The molecule has 4 rings (SSSR count). The van der Waals surface area contributed by atoms with Crippen LogP contribution in [0.25, 0.3) is 17.0 Å². The molecule has 3 heterocycles. The zero-order chi connectivity index (χ0) is 16.2. The third-order valence-corrected chi connectivity index (χ3v) is 4.67. The number of rotatable bonds is 1. The summed E-state index contributed by atoms with van der Waals surface area (Å²) >= 11 is 0. The second-order valence-electron chi connectivity index (χ2n) is 7.17. The molecule has 0 amide bonds. The van der Waals surface area contributed by atoms with Gasteiger partial charge < -0.3 is 5.32 Å². The number of aromatic nitrogens is 4. The lowest BCUT2D eigenvalue weighted by molar-refractivity contribution is 0.454. The van der Waals surface area contributed by atoms with E-state index in [1.807, 2.05) is 6.07 Å². The monoisotopic (exact) mass is 307 g/mol. The molecule has 3 aromatic rings. The lowest BCUT2D eigenvalue weighted by Crippen LogP contribution is -2.36. The molecule has 118 valence electrons. The van der Waals surface area contributed by atoms with E-state index in [1.165, 1.54) is 22.4 Å². The van der Waals surface area contributed by atoms with Gasteiger partial charge in [0.1, 0.15) is 6.33 Å². The second kappa shape index (κ2) is 4.78. The average molecular weight is 307 g/mol. The van der Waals surface area contributed by atoms with Crippen molar-refractivity contribution in [2.24, 2.45) is 0 Å². The largest absolute Gasteiger partial charge is 0.380 e. The summed E-state index contributed by atoms with van der Waals surface area (Å²) in [4.78, 5) is 8.44. The minimum Gasteiger partial charge on any atom is -0.380 e. The molecule has 0 bridgehead atoms. The van der Waals surface area contributed by atoms with Crippen molar-refractivity contribution in [3.05, 3.63) is 41.9 Å². The van der Waals surface area contributed by atoms with Gasteiger partial charge in [-0.1, -0.05) is 6.92 Å².